The molecule has 0 spiro atoms. The topological polar surface area (TPSA) is 18.5 Å². The zero-order chi connectivity index (χ0) is 25.0. The van der Waals surface area contributed by atoms with Gasteiger partial charge >= 0.3 is 0 Å². The largest absolute Gasteiger partial charge is 0.494 e. The molecule has 0 bridgehead atoms. The van der Waals surface area contributed by atoms with Gasteiger partial charge in [0.15, 0.2) is 0 Å². The van der Waals surface area contributed by atoms with Crippen LogP contribution in [-0.2, 0) is 0 Å². The molecule has 4 aromatic carbocycles. The molecule has 0 fully saturated rings. The smallest absolute Gasteiger partial charge is 0.119 e. The van der Waals surface area contributed by atoms with Crippen LogP contribution in [0.15, 0.2) is 109 Å². The van der Waals surface area contributed by atoms with Crippen molar-refractivity contribution in [1.82, 2.24) is 0 Å². The van der Waals surface area contributed by atoms with Crippen molar-refractivity contribution >= 4 is 11.1 Å². The van der Waals surface area contributed by atoms with Crippen molar-refractivity contribution in [1.29, 1.82) is 0 Å². The molecule has 0 aliphatic rings. The predicted octanol–water partition coefficient (Wildman–Crippen LogP) is 9.05. The van der Waals surface area contributed by atoms with Crippen molar-refractivity contribution in [3.05, 3.63) is 131 Å². The molecule has 0 aromatic heterocycles. The molecule has 0 radical (unpaired) electrons. The van der Waals surface area contributed by atoms with E-state index in [1.807, 2.05) is 0 Å². The van der Waals surface area contributed by atoms with Crippen LogP contribution < -0.4 is 9.47 Å². The first kappa shape index (κ1) is 25.3. The zero-order valence-electron chi connectivity index (χ0n) is 21.5. The summed E-state index contributed by atoms with van der Waals surface area (Å²) in [5, 5.41) is 0. The average Bonchev–Trinajstić information content (AvgIpc) is 2.94. The van der Waals surface area contributed by atoms with Gasteiger partial charge in [0, 0.05) is 0 Å². The van der Waals surface area contributed by atoms with Crippen molar-refractivity contribution < 1.29 is 9.47 Å². The summed E-state index contributed by atoms with van der Waals surface area (Å²) in [6.45, 7) is 5.85. The van der Waals surface area contributed by atoms with Crippen molar-refractivity contribution in [2.24, 2.45) is 0 Å². The molecule has 0 aliphatic carbocycles. The minimum absolute atomic E-state index is 0.747. The Morgan fingerprint density at radius 1 is 0.444 bits per heavy atom. The van der Waals surface area contributed by atoms with E-state index in [0.717, 1.165) is 61.5 Å². The third-order valence-corrected chi connectivity index (χ3v) is 6.19. The summed E-state index contributed by atoms with van der Waals surface area (Å²) in [6.07, 6.45) is 4.37. The Hall–Kier alpha value is -3.78. The molecule has 0 saturated carbocycles. The first-order valence-electron chi connectivity index (χ1n) is 13.1. The highest BCUT2D eigenvalue weighted by Gasteiger charge is 2.16. The van der Waals surface area contributed by atoms with Crippen molar-refractivity contribution in [2.45, 2.75) is 39.5 Å². The van der Waals surface area contributed by atoms with Crippen molar-refractivity contribution in [3.8, 4) is 11.5 Å². The van der Waals surface area contributed by atoms with Crippen LogP contribution in [0.4, 0.5) is 0 Å². The van der Waals surface area contributed by atoms with Gasteiger partial charge < -0.3 is 9.47 Å². The maximum atomic E-state index is 5.95. The minimum atomic E-state index is 0.747. The fourth-order valence-corrected chi connectivity index (χ4v) is 4.22. The second-order valence-corrected chi connectivity index (χ2v) is 8.93. The molecule has 2 nitrogen and oxygen atoms in total. The molecule has 0 unspecified atom stereocenters. The summed E-state index contributed by atoms with van der Waals surface area (Å²) >= 11 is 0. The Bertz CT molecular complexity index is 1110. The second-order valence-electron chi connectivity index (χ2n) is 8.93. The molecular formula is C34H36O2. The lowest BCUT2D eigenvalue weighted by Gasteiger charge is -2.19. The Morgan fingerprint density at radius 3 is 1.11 bits per heavy atom. The Kier molecular flexibility index (Phi) is 9.39. The number of unbranched alkanes of at least 4 members (excludes halogenated alkanes) is 2. The van der Waals surface area contributed by atoms with Crippen LogP contribution >= 0.6 is 0 Å². The Balaban J connectivity index is 1.83. The summed E-state index contributed by atoms with van der Waals surface area (Å²) in [6, 6.07) is 38.3. The first-order valence-corrected chi connectivity index (χ1v) is 13.1. The molecule has 4 aromatic rings. The number of benzene rings is 4. The first-order chi connectivity index (χ1) is 17.8. The summed E-state index contributed by atoms with van der Waals surface area (Å²) in [5.74, 6) is 1.82. The van der Waals surface area contributed by atoms with Gasteiger partial charge in [0.05, 0.1) is 13.2 Å². The summed E-state index contributed by atoms with van der Waals surface area (Å²) in [7, 11) is 0. The van der Waals surface area contributed by atoms with Crippen LogP contribution in [0.2, 0.25) is 0 Å². The standard InChI is InChI=1S/C34H36O2/c1-3-5-25-35-31-21-17-29(18-22-31)34(30-19-23-32(24-20-30)36-26-6-4-2)33(27-13-9-7-10-14-27)28-15-11-8-12-16-28/h7-24H,3-6,25-26H2,1-2H3. The molecule has 0 atom stereocenters. The summed E-state index contributed by atoms with van der Waals surface area (Å²) in [5.41, 5.74) is 7.07. The highest BCUT2D eigenvalue weighted by Crippen LogP contribution is 2.37. The van der Waals surface area contributed by atoms with E-state index in [2.05, 4.69) is 123 Å². The monoisotopic (exact) mass is 476 g/mol. The van der Waals surface area contributed by atoms with Gasteiger partial charge in [0.1, 0.15) is 11.5 Å². The van der Waals surface area contributed by atoms with E-state index in [1.165, 1.54) is 22.3 Å². The zero-order valence-corrected chi connectivity index (χ0v) is 21.5. The highest BCUT2D eigenvalue weighted by molar-refractivity contribution is 6.04. The van der Waals surface area contributed by atoms with Crippen LogP contribution in [0.1, 0.15) is 61.8 Å². The summed E-state index contributed by atoms with van der Waals surface area (Å²) < 4.78 is 11.9. The third-order valence-electron chi connectivity index (χ3n) is 6.19. The number of hydrogen-bond donors (Lipinski definition) is 0. The van der Waals surface area contributed by atoms with Crippen LogP contribution in [0.25, 0.3) is 11.1 Å². The molecular weight excluding hydrogens is 440 g/mol. The normalized spacial score (nSPS) is 10.6. The van der Waals surface area contributed by atoms with E-state index < -0.39 is 0 Å². The average molecular weight is 477 g/mol. The Morgan fingerprint density at radius 2 is 0.778 bits per heavy atom. The van der Waals surface area contributed by atoms with E-state index in [0.29, 0.717) is 0 Å². The van der Waals surface area contributed by atoms with E-state index in [1.54, 1.807) is 0 Å². The van der Waals surface area contributed by atoms with Crippen LogP contribution in [-0.4, -0.2) is 13.2 Å². The third kappa shape index (κ3) is 6.66. The van der Waals surface area contributed by atoms with Gasteiger partial charge in [-0.05, 0) is 70.5 Å². The fourth-order valence-electron chi connectivity index (χ4n) is 4.22. The number of hydrogen-bond acceptors (Lipinski definition) is 2. The van der Waals surface area contributed by atoms with Crippen LogP contribution in [0.5, 0.6) is 11.5 Å². The van der Waals surface area contributed by atoms with Crippen molar-refractivity contribution in [3.63, 3.8) is 0 Å². The molecule has 0 heterocycles. The van der Waals surface area contributed by atoms with Gasteiger partial charge in [-0.15, -0.1) is 0 Å². The maximum absolute atomic E-state index is 5.95. The van der Waals surface area contributed by atoms with E-state index in [9.17, 15) is 0 Å². The van der Waals surface area contributed by atoms with Crippen LogP contribution in [0, 0.1) is 0 Å². The molecule has 0 N–H and O–H groups in total. The molecule has 2 heteroatoms. The van der Waals surface area contributed by atoms with Gasteiger partial charge in [-0.25, -0.2) is 0 Å². The van der Waals surface area contributed by atoms with Crippen LogP contribution in [0.3, 0.4) is 0 Å². The minimum Gasteiger partial charge on any atom is -0.494 e. The lowest BCUT2D eigenvalue weighted by Crippen LogP contribution is -2.00. The van der Waals surface area contributed by atoms with Gasteiger partial charge in [0.2, 0.25) is 0 Å². The summed E-state index contributed by atoms with van der Waals surface area (Å²) in [4.78, 5) is 0. The molecule has 0 saturated heterocycles. The van der Waals surface area contributed by atoms with Crippen molar-refractivity contribution in [2.75, 3.05) is 13.2 Å². The molecule has 0 amide bonds. The fraction of sp³-hybridized carbons (Fsp3) is 0.235. The molecule has 4 rings (SSSR count). The van der Waals surface area contributed by atoms with E-state index in [4.69, 9.17) is 9.47 Å². The molecule has 184 valence electrons. The Labute approximate surface area is 216 Å². The second kappa shape index (κ2) is 13.3. The SMILES string of the molecule is CCCCOc1ccc(C(=C(c2ccccc2)c2ccccc2)c2ccc(OCCCC)cc2)cc1. The lowest BCUT2D eigenvalue weighted by molar-refractivity contribution is 0.309. The molecule has 0 aliphatic heterocycles. The number of rotatable bonds is 12. The lowest BCUT2D eigenvalue weighted by atomic mass is 9.86. The molecule has 36 heavy (non-hydrogen) atoms. The van der Waals surface area contributed by atoms with E-state index >= 15 is 0 Å². The highest BCUT2D eigenvalue weighted by atomic mass is 16.5. The van der Waals surface area contributed by atoms with E-state index in [-0.39, 0.29) is 0 Å². The van der Waals surface area contributed by atoms with Gasteiger partial charge in [0.25, 0.3) is 0 Å². The van der Waals surface area contributed by atoms with Gasteiger partial charge in [-0.3, -0.25) is 0 Å². The predicted molar refractivity (Wildman–Crippen MR) is 152 cm³/mol. The van der Waals surface area contributed by atoms with Gasteiger partial charge in [-0.2, -0.15) is 0 Å². The van der Waals surface area contributed by atoms with Gasteiger partial charge in [-0.1, -0.05) is 112 Å². The quantitative estimate of drug-likeness (QED) is 0.150. The number of ether oxygens (including phenoxy) is 2. The maximum Gasteiger partial charge on any atom is 0.119 e.